The van der Waals surface area contributed by atoms with Gasteiger partial charge < -0.3 is 19.1 Å². The first-order valence-electron chi connectivity index (χ1n) is 10.8. The summed E-state index contributed by atoms with van der Waals surface area (Å²) in [6, 6.07) is 0.748. The summed E-state index contributed by atoms with van der Waals surface area (Å²) in [4.78, 5) is 18.8. The molecule has 2 aromatic heterocycles. The third-order valence-electron chi connectivity index (χ3n) is 6.57. The molecule has 3 aliphatic rings. The zero-order chi connectivity index (χ0) is 18.8. The summed E-state index contributed by atoms with van der Waals surface area (Å²) in [6.07, 6.45) is 14.6. The number of fused-ring (bicyclic) bond motifs is 1. The molecule has 0 saturated carbocycles. The summed E-state index contributed by atoms with van der Waals surface area (Å²) in [7, 11) is 0. The lowest BCUT2D eigenvalue weighted by Crippen LogP contribution is -2.49. The molecule has 5 rings (SSSR count). The Morgan fingerprint density at radius 2 is 1.75 bits per heavy atom. The van der Waals surface area contributed by atoms with E-state index in [1.807, 2.05) is 18.6 Å². The lowest BCUT2D eigenvalue weighted by Gasteiger charge is -2.44. The number of imidazole rings is 1. The lowest BCUT2D eigenvalue weighted by atomic mass is 9.83. The van der Waals surface area contributed by atoms with Gasteiger partial charge in [-0.25, -0.2) is 15.0 Å². The Morgan fingerprint density at radius 1 is 0.929 bits per heavy atom. The molecule has 0 unspecified atom stereocenters. The quantitative estimate of drug-likeness (QED) is 0.810. The van der Waals surface area contributed by atoms with E-state index in [4.69, 9.17) is 4.74 Å². The highest BCUT2D eigenvalue weighted by molar-refractivity contribution is 5.54. The van der Waals surface area contributed by atoms with Gasteiger partial charge in [0.05, 0.1) is 18.8 Å². The van der Waals surface area contributed by atoms with Gasteiger partial charge in [0.25, 0.3) is 0 Å². The van der Waals surface area contributed by atoms with E-state index < -0.39 is 0 Å². The molecule has 0 aliphatic carbocycles. The monoisotopic (exact) mass is 382 g/mol. The summed E-state index contributed by atoms with van der Waals surface area (Å²) >= 11 is 0. The zero-order valence-electron chi connectivity index (χ0n) is 16.5. The van der Waals surface area contributed by atoms with Gasteiger partial charge in [0.2, 0.25) is 5.95 Å². The largest absolute Gasteiger partial charge is 0.378 e. The van der Waals surface area contributed by atoms with Gasteiger partial charge in [0.15, 0.2) is 0 Å². The number of hydrogen-bond acceptors (Lipinski definition) is 6. The number of anilines is 1. The van der Waals surface area contributed by atoms with E-state index in [9.17, 15) is 0 Å². The van der Waals surface area contributed by atoms with Crippen LogP contribution in [-0.2, 0) is 11.3 Å². The minimum Gasteiger partial charge on any atom is -0.378 e. The van der Waals surface area contributed by atoms with Gasteiger partial charge in [-0.15, -0.1) is 0 Å². The van der Waals surface area contributed by atoms with Crippen molar-refractivity contribution in [2.24, 2.45) is 5.92 Å². The number of rotatable bonds is 4. The fraction of sp³-hybridized carbons (Fsp3) is 0.667. The highest BCUT2D eigenvalue weighted by Gasteiger charge is 2.33. The number of piperidine rings is 2. The second-order valence-corrected chi connectivity index (χ2v) is 8.28. The molecule has 2 atom stereocenters. The van der Waals surface area contributed by atoms with Crippen molar-refractivity contribution >= 4 is 5.95 Å². The fourth-order valence-corrected chi connectivity index (χ4v) is 5.12. The van der Waals surface area contributed by atoms with Crippen molar-refractivity contribution in [2.45, 2.75) is 44.7 Å². The molecule has 0 radical (unpaired) electrons. The first kappa shape index (κ1) is 18.1. The molecule has 0 aromatic carbocycles. The van der Waals surface area contributed by atoms with Crippen LogP contribution < -0.4 is 4.90 Å². The third kappa shape index (κ3) is 3.65. The van der Waals surface area contributed by atoms with Crippen molar-refractivity contribution in [2.75, 3.05) is 44.3 Å². The fourth-order valence-electron chi connectivity index (χ4n) is 5.12. The standard InChI is InChI=1S/C21H30N6O/c1-2-7-25-8-3-4-17(19(25)5-1)16-27-9-6-22-20(27)18-14-23-21(24-15-18)26-10-12-28-13-11-26/h6,9,14-15,17,19H,1-5,7-8,10-13,16H2/t17-,19+/m0/s1. The molecule has 7 nitrogen and oxygen atoms in total. The van der Waals surface area contributed by atoms with Gasteiger partial charge in [-0.2, -0.15) is 0 Å². The Morgan fingerprint density at radius 3 is 2.61 bits per heavy atom. The maximum absolute atomic E-state index is 5.42. The van der Waals surface area contributed by atoms with Gasteiger partial charge in [0.1, 0.15) is 5.82 Å². The summed E-state index contributed by atoms with van der Waals surface area (Å²) in [5.74, 6) is 2.49. The molecule has 0 bridgehead atoms. The Labute approximate surface area is 166 Å². The van der Waals surface area contributed by atoms with E-state index in [1.165, 1.54) is 45.2 Å². The molecule has 2 aromatic rings. The Kier molecular flexibility index (Phi) is 5.27. The van der Waals surface area contributed by atoms with Crippen LogP contribution in [0.15, 0.2) is 24.8 Å². The average Bonchev–Trinajstić information content (AvgIpc) is 3.23. The van der Waals surface area contributed by atoms with Gasteiger partial charge in [-0.3, -0.25) is 0 Å². The maximum atomic E-state index is 5.42. The van der Waals surface area contributed by atoms with Crippen molar-refractivity contribution in [3.8, 4) is 11.4 Å². The van der Waals surface area contributed by atoms with Crippen molar-refractivity contribution in [1.29, 1.82) is 0 Å². The highest BCUT2D eigenvalue weighted by atomic mass is 16.5. The molecule has 150 valence electrons. The summed E-state index contributed by atoms with van der Waals surface area (Å²) < 4.78 is 7.73. The molecular weight excluding hydrogens is 352 g/mol. The minimum atomic E-state index is 0.718. The first-order valence-corrected chi connectivity index (χ1v) is 10.8. The van der Waals surface area contributed by atoms with E-state index in [2.05, 4.69) is 35.5 Å². The number of ether oxygens (including phenoxy) is 1. The Hall–Kier alpha value is -1.99. The van der Waals surface area contributed by atoms with E-state index in [0.717, 1.165) is 62.1 Å². The molecule has 0 amide bonds. The SMILES string of the molecule is c1cn(C[C@@H]2CCCN3CCCC[C@H]23)c(-c2cnc(N3CCOCC3)nc2)n1. The first-order chi connectivity index (χ1) is 13.9. The molecule has 0 spiro atoms. The maximum Gasteiger partial charge on any atom is 0.225 e. The second kappa shape index (κ2) is 8.17. The summed E-state index contributed by atoms with van der Waals surface area (Å²) in [6.45, 7) is 6.82. The van der Waals surface area contributed by atoms with Crippen LogP contribution in [0.1, 0.15) is 32.1 Å². The van der Waals surface area contributed by atoms with E-state index in [-0.39, 0.29) is 0 Å². The number of morpholine rings is 1. The molecular formula is C21H30N6O. The van der Waals surface area contributed by atoms with Crippen molar-refractivity contribution in [1.82, 2.24) is 24.4 Å². The van der Waals surface area contributed by atoms with Gasteiger partial charge in [0, 0.05) is 50.5 Å². The van der Waals surface area contributed by atoms with Crippen LogP contribution in [0.4, 0.5) is 5.95 Å². The highest BCUT2D eigenvalue weighted by Crippen LogP contribution is 2.32. The second-order valence-electron chi connectivity index (χ2n) is 8.28. The number of nitrogens with zero attached hydrogens (tertiary/aromatic N) is 6. The topological polar surface area (TPSA) is 59.3 Å². The zero-order valence-corrected chi connectivity index (χ0v) is 16.5. The van der Waals surface area contributed by atoms with Gasteiger partial charge in [-0.1, -0.05) is 6.42 Å². The third-order valence-corrected chi connectivity index (χ3v) is 6.57. The summed E-state index contributed by atoms with van der Waals surface area (Å²) in [5, 5.41) is 0. The normalized spacial score (nSPS) is 26.2. The summed E-state index contributed by atoms with van der Waals surface area (Å²) in [5.41, 5.74) is 0.998. The van der Waals surface area contributed by atoms with E-state index in [0.29, 0.717) is 0 Å². The minimum absolute atomic E-state index is 0.718. The number of hydrogen-bond donors (Lipinski definition) is 0. The number of aromatic nitrogens is 4. The van der Waals surface area contributed by atoms with Crippen LogP contribution in [0.3, 0.4) is 0 Å². The molecule has 3 saturated heterocycles. The van der Waals surface area contributed by atoms with Crippen molar-refractivity contribution < 1.29 is 4.74 Å². The molecule has 7 heteroatoms. The van der Waals surface area contributed by atoms with Crippen LogP contribution in [-0.4, -0.2) is 69.9 Å². The Bertz CT molecular complexity index is 767. The van der Waals surface area contributed by atoms with Crippen LogP contribution in [0.2, 0.25) is 0 Å². The smallest absolute Gasteiger partial charge is 0.225 e. The molecule has 28 heavy (non-hydrogen) atoms. The van der Waals surface area contributed by atoms with Crippen LogP contribution in [0.25, 0.3) is 11.4 Å². The van der Waals surface area contributed by atoms with E-state index in [1.54, 1.807) is 0 Å². The van der Waals surface area contributed by atoms with E-state index >= 15 is 0 Å². The Balaban J connectivity index is 1.31. The van der Waals surface area contributed by atoms with Crippen LogP contribution >= 0.6 is 0 Å². The molecule has 3 aliphatic heterocycles. The lowest BCUT2D eigenvalue weighted by molar-refractivity contribution is 0.0521. The molecule has 3 fully saturated rings. The predicted molar refractivity (Wildman–Crippen MR) is 108 cm³/mol. The molecule has 0 N–H and O–H groups in total. The van der Waals surface area contributed by atoms with Crippen LogP contribution in [0, 0.1) is 5.92 Å². The molecule has 5 heterocycles. The van der Waals surface area contributed by atoms with Crippen LogP contribution in [0.5, 0.6) is 0 Å². The van der Waals surface area contributed by atoms with Gasteiger partial charge >= 0.3 is 0 Å². The van der Waals surface area contributed by atoms with Gasteiger partial charge in [-0.05, 0) is 44.7 Å². The predicted octanol–water partition coefficient (Wildman–Crippen LogP) is 2.44. The van der Waals surface area contributed by atoms with Crippen molar-refractivity contribution in [3.05, 3.63) is 24.8 Å². The average molecular weight is 383 g/mol. The van der Waals surface area contributed by atoms with Crippen molar-refractivity contribution in [3.63, 3.8) is 0 Å².